The first-order valence-electron chi connectivity index (χ1n) is 17.3. The molecule has 0 aliphatic heterocycles. The minimum atomic E-state index is -0.683. The normalized spacial score (nSPS) is 39.0. The van der Waals surface area contributed by atoms with E-state index in [4.69, 9.17) is 9.51 Å². The zero-order valence-electron chi connectivity index (χ0n) is 28.9. The smallest absolute Gasteiger partial charge is 0.314 e. The summed E-state index contributed by atoms with van der Waals surface area (Å²) in [5.41, 5.74) is -0.810. The number of nitriles is 1. The molecule has 3 fully saturated rings. The topological polar surface area (TPSA) is 138 Å². The molecule has 248 valence electrons. The van der Waals surface area contributed by atoms with Gasteiger partial charge in [-0.05, 0) is 86.0 Å². The van der Waals surface area contributed by atoms with Crippen molar-refractivity contribution in [3.63, 3.8) is 0 Å². The van der Waals surface area contributed by atoms with Crippen LogP contribution in [0.2, 0.25) is 0 Å². The lowest BCUT2D eigenvalue weighted by Crippen LogP contribution is -2.65. The van der Waals surface area contributed by atoms with Crippen LogP contribution < -0.4 is 10.6 Å². The van der Waals surface area contributed by atoms with Crippen molar-refractivity contribution >= 4 is 17.6 Å². The molecule has 9 heteroatoms. The fourth-order valence-corrected chi connectivity index (χ4v) is 11.1. The highest BCUT2D eigenvalue weighted by molar-refractivity contribution is 6.04. The zero-order chi connectivity index (χ0) is 33.5. The van der Waals surface area contributed by atoms with E-state index >= 15 is 0 Å². The van der Waals surface area contributed by atoms with Crippen molar-refractivity contribution in [2.24, 2.45) is 44.8 Å². The molecular weight excluding hydrogens is 578 g/mol. The number of carbonyl (C=O) groups excluding carboxylic acids is 3. The maximum Gasteiger partial charge on any atom is 0.314 e. The number of amides is 2. The Morgan fingerprint density at radius 2 is 1.76 bits per heavy atom. The lowest BCUT2D eigenvalue weighted by Gasteiger charge is -2.68. The van der Waals surface area contributed by atoms with E-state index in [2.05, 4.69) is 56.5 Å². The van der Waals surface area contributed by atoms with E-state index in [9.17, 15) is 19.6 Å². The van der Waals surface area contributed by atoms with Gasteiger partial charge in [0.1, 0.15) is 6.07 Å². The molecule has 0 bridgehead atoms. The third kappa shape index (κ3) is 4.48. The summed E-state index contributed by atoms with van der Waals surface area (Å²) in [7, 11) is 0. The molecule has 9 nitrogen and oxygen atoms in total. The van der Waals surface area contributed by atoms with Crippen molar-refractivity contribution in [3.05, 3.63) is 35.0 Å². The molecular formula is C37H51N5O4. The van der Waals surface area contributed by atoms with Gasteiger partial charge in [-0.15, -0.1) is 0 Å². The van der Waals surface area contributed by atoms with Crippen molar-refractivity contribution in [2.75, 3.05) is 13.1 Å². The van der Waals surface area contributed by atoms with Gasteiger partial charge in [0.15, 0.2) is 17.4 Å². The SMILES string of the molecule is CCNC(=O)NCCc1noc([C@]23CCC(C)(C)C[C@H]2[C@H]2C(=O)C=C4[C@@]5(C)C=C(C#N)C(=O)C(C)(C)[C@@H]5CC[C@@]4(C)[C@]2(C)CC3)n1. The lowest BCUT2D eigenvalue weighted by molar-refractivity contribution is -0.161. The monoisotopic (exact) mass is 629 g/mol. The highest BCUT2D eigenvalue weighted by Crippen LogP contribution is 2.74. The van der Waals surface area contributed by atoms with E-state index in [1.165, 1.54) is 0 Å². The zero-order valence-corrected chi connectivity index (χ0v) is 28.9. The number of Topliss-reactive ketones (excluding diaryl/α,β-unsaturated/α-hetero) is 1. The van der Waals surface area contributed by atoms with Crippen LogP contribution in [0.15, 0.2) is 27.8 Å². The molecule has 5 aliphatic rings. The summed E-state index contributed by atoms with van der Waals surface area (Å²) in [5.74, 6) is 1.15. The molecule has 0 saturated heterocycles. The summed E-state index contributed by atoms with van der Waals surface area (Å²) >= 11 is 0. The number of carbonyl (C=O) groups is 3. The van der Waals surface area contributed by atoms with Gasteiger partial charge in [0.25, 0.3) is 0 Å². The Labute approximate surface area is 273 Å². The number of rotatable bonds is 5. The Balaban J connectivity index is 1.40. The second-order valence-corrected chi connectivity index (χ2v) is 17.0. The van der Waals surface area contributed by atoms with Gasteiger partial charge in [-0.25, -0.2) is 4.79 Å². The summed E-state index contributed by atoms with van der Waals surface area (Å²) in [6, 6.07) is 1.99. The molecule has 0 aromatic carbocycles. The van der Waals surface area contributed by atoms with Gasteiger partial charge in [0.2, 0.25) is 5.89 Å². The molecule has 0 unspecified atom stereocenters. The molecule has 3 saturated carbocycles. The Hall–Kier alpha value is -3.28. The second-order valence-electron chi connectivity index (χ2n) is 17.0. The van der Waals surface area contributed by atoms with Gasteiger partial charge in [-0.1, -0.05) is 65.3 Å². The van der Waals surface area contributed by atoms with Crippen molar-refractivity contribution < 1.29 is 18.9 Å². The van der Waals surface area contributed by atoms with Crippen molar-refractivity contribution in [1.82, 2.24) is 20.8 Å². The number of nitrogens with one attached hydrogen (secondary N) is 2. The number of nitrogens with zero attached hydrogens (tertiary/aromatic N) is 3. The van der Waals surface area contributed by atoms with E-state index in [1.54, 1.807) is 0 Å². The van der Waals surface area contributed by atoms with Gasteiger partial charge in [0, 0.05) is 36.3 Å². The van der Waals surface area contributed by atoms with Crippen LogP contribution in [0.1, 0.15) is 112 Å². The molecule has 2 N–H and O–H groups in total. The average Bonchev–Trinajstić information content (AvgIpc) is 3.45. The number of aromatic nitrogens is 2. The van der Waals surface area contributed by atoms with E-state index in [0.29, 0.717) is 31.2 Å². The quantitative estimate of drug-likeness (QED) is 0.384. The standard InChI is InChI=1S/C37H51N5O4/c1-9-39-31(45)40-17-11-27-41-30(46-42-27)37-15-13-32(2,3)20-23(37)28-24(43)18-26-34(6)19-22(21-38)29(44)33(4,5)25(34)10-12-35(26,7)36(28,8)14-16-37/h18-19,23,25,28H,9-17,20H2,1-8H3,(H2,39,40,45)/t23-,25-,28-,34-,35+,36+,37-/m0/s1. The maximum atomic E-state index is 14.8. The first kappa shape index (κ1) is 32.7. The fourth-order valence-electron chi connectivity index (χ4n) is 11.1. The van der Waals surface area contributed by atoms with Crippen LogP contribution in [0.25, 0.3) is 0 Å². The lowest BCUT2D eigenvalue weighted by atomic mass is 9.34. The number of allylic oxidation sites excluding steroid dienone is 4. The summed E-state index contributed by atoms with van der Waals surface area (Å²) in [6.45, 7) is 18.3. The van der Waals surface area contributed by atoms with Crippen LogP contribution in [-0.2, 0) is 21.4 Å². The fraction of sp³-hybridized carbons (Fsp3) is 0.730. The first-order chi connectivity index (χ1) is 21.5. The number of ketones is 2. The van der Waals surface area contributed by atoms with E-state index in [1.807, 2.05) is 32.9 Å². The van der Waals surface area contributed by atoms with Gasteiger partial charge in [-0.2, -0.15) is 10.2 Å². The van der Waals surface area contributed by atoms with Crippen molar-refractivity contribution in [2.45, 2.75) is 112 Å². The molecule has 0 spiro atoms. The van der Waals surface area contributed by atoms with Crippen LogP contribution in [0.3, 0.4) is 0 Å². The summed E-state index contributed by atoms with van der Waals surface area (Å²) in [4.78, 5) is 45.0. The highest BCUT2D eigenvalue weighted by Gasteiger charge is 2.70. The molecule has 2 amide bonds. The average molecular weight is 630 g/mol. The van der Waals surface area contributed by atoms with E-state index in [0.717, 1.165) is 50.5 Å². The second kappa shape index (κ2) is 10.6. The Bertz CT molecular complexity index is 1580. The van der Waals surface area contributed by atoms with E-state index < -0.39 is 10.8 Å². The summed E-state index contributed by atoms with van der Waals surface area (Å²) in [6.07, 6.45) is 10.6. The largest absolute Gasteiger partial charge is 0.339 e. The molecule has 1 aromatic heterocycles. The highest BCUT2D eigenvalue weighted by atomic mass is 16.5. The van der Waals surface area contributed by atoms with Crippen LogP contribution in [0.5, 0.6) is 0 Å². The number of urea groups is 1. The first-order valence-corrected chi connectivity index (χ1v) is 17.3. The third-order valence-electron chi connectivity index (χ3n) is 13.7. The Kier molecular flexibility index (Phi) is 7.54. The van der Waals surface area contributed by atoms with Crippen LogP contribution in [0.4, 0.5) is 4.79 Å². The van der Waals surface area contributed by atoms with Crippen LogP contribution in [0, 0.1) is 56.2 Å². The molecule has 0 radical (unpaired) electrons. The Morgan fingerprint density at radius 1 is 1.04 bits per heavy atom. The predicted octanol–water partition coefficient (Wildman–Crippen LogP) is 6.40. The summed E-state index contributed by atoms with van der Waals surface area (Å²) < 4.78 is 6.07. The van der Waals surface area contributed by atoms with Crippen LogP contribution in [-0.4, -0.2) is 40.8 Å². The number of fused-ring (bicyclic) bond motifs is 7. The molecule has 1 heterocycles. The number of hydrogen-bond donors (Lipinski definition) is 2. The number of hydrogen-bond acceptors (Lipinski definition) is 7. The summed E-state index contributed by atoms with van der Waals surface area (Å²) in [5, 5.41) is 19.9. The molecule has 7 atom stereocenters. The molecule has 6 rings (SSSR count). The molecule has 1 aromatic rings. The Morgan fingerprint density at radius 3 is 2.46 bits per heavy atom. The predicted molar refractivity (Wildman–Crippen MR) is 173 cm³/mol. The van der Waals surface area contributed by atoms with Crippen molar-refractivity contribution in [1.29, 1.82) is 5.26 Å². The minimum Gasteiger partial charge on any atom is -0.339 e. The molecule has 5 aliphatic carbocycles. The van der Waals surface area contributed by atoms with Gasteiger partial charge < -0.3 is 15.2 Å². The van der Waals surface area contributed by atoms with Crippen molar-refractivity contribution in [3.8, 4) is 6.07 Å². The van der Waals surface area contributed by atoms with Gasteiger partial charge >= 0.3 is 6.03 Å². The molecule has 46 heavy (non-hydrogen) atoms. The van der Waals surface area contributed by atoms with Crippen LogP contribution >= 0.6 is 0 Å². The maximum absolute atomic E-state index is 14.8. The van der Waals surface area contributed by atoms with E-state index in [-0.39, 0.29) is 62.6 Å². The van der Waals surface area contributed by atoms with Gasteiger partial charge in [0.05, 0.1) is 11.0 Å². The minimum absolute atomic E-state index is 0.0209. The van der Waals surface area contributed by atoms with Gasteiger partial charge in [-0.3, -0.25) is 9.59 Å². The third-order valence-corrected chi connectivity index (χ3v) is 13.7.